The van der Waals surface area contributed by atoms with Gasteiger partial charge in [0.15, 0.2) is 0 Å². The van der Waals surface area contributed by atoms with Gasteiger partial charge in [-0.15, -0.1) is 0 Å². The molecule has 0 bridgehead atoms. The van der Waals surface area contributed by atoms with Crippen LogP contribution in [-0.2, 0) is 19.5 Å². The number of furan rings is 1. The molecule has 1 unspecified atom stereocenters. The first-order valence-corrected chi connectivity index (χ1v) is 8.31. The molecule has 2 rings (SSSR count). The summed E-state index contributed by atoms with van der Waals surface area (Å²) in [6.45, 7) is 1.40. The van der Waals surface area contributed by atoms with Crippen LogP contribution in [0.1, 0.15) is 23.2 Å². The molecule has 1 aromatic rings. The van der Waals surface area contributed by atoms with Crippen molar-refractivity contribution in [2.24, 2.45) is 0 Å². The quantitative estimate of drug-likeness (QED) is 0.683. The zero-order valence-corrected chi connectivity index (χ0v) is 13.4. The zero-order valence-electron chi connectivity index (χ0n) is 12.5. The highest BCUT2D eigenvalue weighted by molar-refractivity contribution is 7.89. The van der Waals surface area contributed by atoms with E-state index >= 15 is 0 Å². The second-order valence-corrected chi connectivity index (χ2v) is 6.91. The Kier molecular flexibility index (Phi) is 5.22. The van der Waals surface area contributed by atoms with Crippen LogP contribution in [0, 0.1) is 0 Å². The van der Waals surface area contributed by atoms with Crippen LogP contribution in [0.25, 0.3) is 0 Å². The smallest absolute Gasteiger partial charge is 0.341 e. The van der Waals surface area contributed by atoms with Crippen LogP contribution in [0.5, 0.6) is 0 Å². The van der Waals surface area contributed by atoms with Crippen molar-refractivity contribution >= 4 is 16.0 Å². The van der Waals surface area contributed by atoms with Crippen LogP contribution in [-0.4, -0.2) is 53.8 Å². The molecule has 9 heteroatoms. The van der Waals surface area contributed by atoms with Gasteiger partial charge in [0.2, 0.25) is 5.09 Å². The Balaban J connectivity index is 2.07. The number of methoxy groups -OCH3 is 2. The largest absolute Gasteiger partial charge is 0.465 e. The predicted octanol–water partition coefficient (Wildman–Crippen LogP) is 0.113. The first-order chi connectivity index (χ1) is 10.4. The number of hydrogen-bond donors (Lipinski definition) is 2. The third-order valence-electron chi connectivity index (χ3n) is 3.61. The molecule has 0 aliphatic carbocycles. The summed E-state index contributed by atoms with van der Waals surface area (Å²) < 4.78 is 41.6. The molecule has 1 aliphatic heterocycles. The molecule has 2 heterocycles. The summed E-state index contributed by atoms with van der Waals surface area (Å²) >= 11 is 0. The molecule has 1 saturated heterocycles. The molecule has 22 heavy (non-hydrogen) atoms. The maximum atomic E-state index is 12.2. The van der Waals surface area contributed by atoms with Crippen LogP contribution in [0.2, 0.25) is 0 Å². The molecule has 1 atom stereocenters. The van der Waals surface area contributed by atoms with Crippen molar-refractivity contribution in [3.63, 3.8) is 0 Å². The molecule has 124 valence electrons. The second-order valence-electron chi connectivity index (χ2n) is 5.21. The number of rotatable bonds is 7. The number of hydrogen-bond acceptors (Lipinski definition) is 7. The summed E-state index contributed by atoms with van der Waals surface area (Å²) in [5.41, 5.74) is -0.368. The lowest BCUT2D eigenvalue weighted by molar-refractivity contribution is 0.0600. The normalized spacial score (nSPS) is 21.9. The highest BCUT2D eigenvalue weighted by Crippen LogP contribution is 2.20. The first kappa shape index (κ1) is 16.9. The van der Waals surface area contributed by atoms with Gasteiger partial charge in [-0.2, -0.15) is 0 Å². The third kappa shape index (κ3) is 3.67. The van der Waals surface area contributed by atoms with Gasteiger partial charge in [0.05, 0.1) is 24.8 Å². The van der Waals surface area contributed by atoms with Gasteiger partial charge >= 0.3 is 5.97 Å². The van der Waals surface area contributed by atoms with Crippen LogP contribution >= 0.6 is 0 Å². The Morgan fingerprint density at radius 2 is 2.27 bits per heavy atom. The van der Waals surface area contributed by atoms with E-state index < -0.39 is 21.5 Å². The summed E-state index contributed by atoms with van der Waals surface area (Å²) in [5, 5.41) is 2.95. The highest BCUT2D eigenvalue weighted by Gasteiger charge is 2.35. The minimum atomic E-state index is -3.85. The molecule has 0 spiro atoms. The fourth-order valence-corrected chi connectivity index (χ4v) is 3.52. The van der Waals surface area contributed by atoms with Crippen LogP contribution in [0.15, 0.2) is 21.8 Å². The van der Waals surface area contributed by atoms with Crippen molar-refractivity contribution in [3.8, 4) is 0 Å². The molecular weight excluding hydrogens is 312 g/mol. The number of carbonyl (C=O) groups is 1. The van der Waals surface area contributed by atoms with E-state index in [2.05, 4.69) is 14.8 Å². The van der Waals surface area contributed by atoms with Crippen molar-refractivity contribution in [1.82, 2.24) is 10.0 Å². The van der Waals surface area contributed by atoms with E-state index in [4.69, 9.17) is 9.15 Å². The molecule has 0 aromatic carbocycles. The summed E-state index contributed by atoms with van der Waals surface area (Å²) in [6.07, 6.45) is 2.83. The molecule has 1 aliphatic rings. The molecule has 2 N–H and O–H groups in total. The van der Waals surface area contributed by atoms with Crippen molar-refractivity contribution < 1.29 is 27.1 Å². The van der Waals surface area contributed by atoms with Gasteiger partial charge in [0.25, 0.3) is 10.0 Å². The average molecular weight is 332 g/mol. The van der Waals surface area contributed by atoms with E-state index in [0.29, 0.717) is 6.61 Å². The minimum Gasteiger partial charge on any atom is -0.465 e. The number of carbonyl (C=O) groups excluding carboxylic acids is 1. The lowest BCUT2D eigenvalue weighted by Gasteiger charge is -2.28. The summed E-state index contributed by atoms with van der Waals surface area (Å²) in [5.74, 6) is -0.654. The van der Waals surface area contributed by atoms with E-state index in [9.17, 15) is 13.2 Å². The lowest BCUT2D eigenvalue weighted by atomic mass is 9.99. The van der Waals surface area contributed by atoms with E-state index in [1.54, 1.807) is 7.11 Å². The van der Waals surface area contributed by atoms with Crippen molar-refractivity contribution in [2.45, 2.75) is 23.5 Å². The number of sulfonamides is 1. The van der Waals surface area contributed by atoms with Gasteiger partial charge in [-0.3, -0.25) is 0 Å². The van der Waals surface area contributed by atoms with Crippen molar-refractivity contribution in [3.05, 3.63) is 17.9 Å². The summed E-state index contributed by atoms with van der Waals surface area (Å²) in [6, 6.07) is 1.14. The van der Waals surface area contributed by atoms with Crippen molar-refractivity contribution in [2.75, 3.05) is 33.9 Å². The Morgan fingerprint density at radius 3 is 2.86 bits per heavy atom. The predicted molar refractivity (Wildman–Crippen MR) is 77.1 cm³/mol. The molecule has 0 amide bonds. The second kappa shape index (κ2) is 6.78. The monoisotopic (exact) mass is 332 g/mol. The molecule has 0 saturated carbocycles. The Bertz CT molecular complexity index is 618. The van der Waals surface area contributed by atoms with Gasteiger partial charge in [0, 0.05) is 19.7 Å². The minimum absolute atomic E-state index is 0.0495. The highest BCUT2D eigenvalue weighted by atomic mass is 32.2. The fraction of sp³-hybridized carbons (Fsp3) is 0.615. The van der Waals surface area contributed by atoms with E-state index in [-0.39, 0.29) is 17.2 Å². The topological polar surface area (TPSA) is 107 Å². The number of nitrogens with one attached hydrogen (secondary N) is 2. The van der Waals surface area contributed by atoms with Gasteiger partial charge in [-0.05, 0) is 19.4 Å². The number of ether oxygens (including phenoxy) is 2. The van der Waals surface area contributed by atoms with Crippen LogP contribution in [0.3, 0.4) is 0 Å². The molecule has 0 radical (unpaired) electrons. The maximum absolute atomic E-state index is 12.2. The molecule has 1 aromatic heterocycles. The Labute approximate surface area is 129 Å². The van der Waals surface area contributed by atoms with Crippen LogP contribution in [0.4, 0.5) is 0 Å². The standard InChI is InChI=1S/C13H20N2O6S/c1-19-9-13(4-3-5-14-13)8-15-22(17,18)11-6-10(7-21-11)12(16)20-2/h6-7,14-15H,3-5,8-9H2,1-2H3. The summed E-state index contributed by atoms with van der Waals surface area (Å²) in [4.78, 5) is 11.3. The average Bonchev–Trinajstić information content (AvgIpc) is 3.15. The third-order valence-corrected chi connectivity index (χ3v) is 4.88. The Morgan fingerprint density at radius 1 is 1.50 bits per heavy atom. The zero-order chi connectivity index (χ0) is 16.2. The molecular formula is C13H20N2O6S. The van der Waals surface area contributed by atoms with Gasteiger partial charge in [0.1, 0.15) is 6.26 Å². The first-order valence-electron chi connectivity index (χ1n) is 6.83. The number of esters is 1. The van der Waals surface area contributed by atoms with E-state index in [1.807, 2.05) is 0 Å². The van der Waals surface area contributed by atoms with Gasteiger partial charge in [-0.1, -0.05) is 0 Å². The maximum Gasteiger partial charge on any atom is 0.341 e. The van der Waals surface area contributed by atoms with Crippen LogP contribution < -0.4 is 10.0 Å². The van der Waals surface area contributed by atoms with Gasteiger partial charge in [-0.25, -0.2) is 17.9 Å². The van der Waals surface area contributed by atoms with Crippen molar-refractivity contribution in [1.29, 1.82) is 0 Å². The summed E-state index contributed by atoms with van der Waals surface area (Å²) in [7, 11) is -1.06. The molecule has 8 nitrogen and oxygen atoms in total. The van der Waals surface area contributed by atoms with Gasteiger partial charge < -0.3 is 19.2 Å². The SMILES string of the molecule is COCC1(CNS(=O)(=O)c2cc(C(=O)OC)co2)CCCN1. The fourth-order valence-electron chi connectivity index (χ4n) is 2.46. The lowest BCUT2D eigenvalue weighted by Crippen LogP contribution is -2.52. The molecule has 1 fully saturated rings. The Hall–Kier alpha value is -1.42. The van der Waals surface area contributed by atoms with E-state index in [1.165, 1.54) is 7.11 Å². The van der Waals surface area contributed by atoms with E-state index in [0.717, 1.165) is 31.7 Å².